The largest absolute Gasteiger partial charge is 0.383 e. The van der Waals surface area contributed by atoms with E-state index in [9.17, 15) is 10.1 Å². The lowest BCUT2D eigenvalue weighted by Gasteiger charge is -2.04. The maximum Gasteiger partial charge on any atom is 0.295 e. The quantitative estimate of drug-likeness (QED) is 0.625. The fourth-order valence-electron chi connectivity index (χ4n) is 0.969. The van der Waals surface area contributed by atoms with Crippen molar-refractivity contribution in [2.75, 3.05) is 14.1 Å². The van der Waals surface area contributed by atoms with Crippen LogP contribution in [0, 0.1) is 10.1 Å². The first-order chi connectivity index (χ1) is 7.02. The van der Waals surface area contributed by atoms with Crippen LogP contribution in [-0.2, 0) is 0 Å². The van der Waals surface area contributed by atoms with Crippen molar-refractivity contribution in [3.63, 3.8) is 0 Å². The molecule has 0 saturated heterocycles. The fraction of sp³-hybridized carbons (Fsp3) is 0.222. The van der Waals surface area contributed by atoms with Crippen molar-refractivity contribution >= 4 is 27.7 Å². The van der Waals surface area contributed by atoms with Gasteiger partial charge in [-0.1, -0.05) is 0 Å². The van der Waals surface area contributed by atoms with Crippen LogP contribution in [0.1, 0.15) is 5.56 Å². The van der Waals surface area contributed by atoms with Crippen molar-refractivity contribution in [3.8, 4) is 0 Å². The minimum absolute atomic E-state index is 0.0116. The zero-order chi connectivity index (χ0) is 11.4. The average Bonchev–Trinajstić information content (AvgIpc) is 2.15. The molecule has 6 heteroatoms. The van der Waals surface area contributed by atoms with E-state index in [4.69, 9.17) is 0 Å². The Morgan fingerprint density at radius 2 is 2.20 bits per heavy atom. The van der Waals surface area contributed by atoms with E-state index in [0.717, 1.165) is 0 Å². The third-order valence-corrected chi connectivity index (χ3v) is 2.29. The van der Waals surface area contributed by atoms with Crippen LogP contribution >= 0.6 is 15.9 Å². The monoisotopic (exact) mass is 271 g/mol. The number of rotatable bonds is 3. The highest BCUT2D eigenvalue weighted by molar-refractivity contribution is 9.10. The number of hydrogen-bond donors (Lipinski definition) is 0. The van der Waals surface area contributed by atoms with Crippen LogP contribution in [-0.4, -0.2) is 28.9 Å². The molecule has 0 atom stereocenters. The molecule has 80 valence electrons. The van der Waals surface area contributed by atoms with Crippen molar-refractivity contribution in [3.05, 3.63) is 38.7 Å². The van der Waals surface area contributed by atoms with E-state index < -0.39 is 4.92 Å². The van der Waals surface area contributed by atoms with Gasteiger partial charge in [0.2, 0.25) is 0 Å². The number of aromatic nitrogens is 1. The molecule has 0 spiro atoms. The molecule has 0 aliphatic heterocycles. The maximum atomic E-state index is 10.7. The maximum absolute atomic E-state index is 10.7. The first-order valence-corrected chi connectivity index (χ1v) is 4.94. The molecule has 1 aromatic rings. The minimum atomic E-state index is -0.451. The van der Waals surface area contributed by atoms with Crippen molar-refractivity contribution in [1.29, 1.82) is 0 Å². The van der Waals surface area contributed by atoms with E-state index in [2.05, 4.69) is 20.9 Å². The number of hydrogen-bond acceptors (Lipinski definition) is 4. The SMILES string of the molecule is CN(C)/C=C/c1c(Br)cncc1[N+](=O)[O-]. The van der Waals surface area contributed by atoms with Gasteiger partial charge in [0.05, 0.1) is 15.0 Å². The molecule has 0 amide bonds. The van der Waals surface area contributed by atoms with E-state index in [1.807, 2.05) is 14.1 Å². The standard InChI is InChI=1S/C9H10BrN3O2/c1-12(2)4-3-7-8(10)5-11-6-9(7)13(14)15/h3-6H,1-2H3/b4-3+. The molecule has 1 heterocycles. The summed E-state index contributed by atoms with van der Waals surface area (Å²) in [5, 5.41) is 10.7. The van der Waals surface area contributed by atoms with Crippen molar-refractivity contribution in [1.82, 2.24) is 9.88 Å². The average molecular weight is 272 g/mol. The first-order valence-electron chi connectivity index (χ1n) is 4.15. The number of halogens is 1. The van der Waals surface area contributed by atoms with Gasteiger partial charge >= 0.3 is 0 Å². The molecular weight excluding hydrogens is 262 g/mol. The van der Waals surface area contributed by atoms with Gasteiger partial charge < -0.3 is 4.90 Å². The Bertz CT molecular complexity index is 404. The molecule has 0 aliphatic carbocycles. The second-order valence-electron chi connectivity index (χ2n) is 3.09. The molecule has 0 saturated carbocycles. The van der Waals surface area contributed by atoms with Crippen LogP contribution < -0.4 is 0 Å². The highest BCUT2D eigenvalue weighted by atomic mass is 79.9. The topological polar surface area (TPSA) is 59.3 Å². The Balaban J connectivity index is 3.19. The smallest absolute Gasteiger partial charge is 0.295 e. The molecule has 0 aromatic carbocycles. The molecule has 0 unspecified atom stereocenters. The molecule has 5 nitrogen and oxygen atoms in total. The van der Waals surface area contributed by atoms with Crippen LogP contribution in [0.2, 0.25) is 0 Å². The third kappa shape index (κ3) is 3.02. The third-order valence-electron chi connectivity index (χ3n) is 1.65. The zero-order valence-corrected chi connectivity index (χ0v) is 9.93. The minimum Gasteiger partial charge on any atom is -0.383 e. The Hall–Kier alpha value is -1.43. The number of pyridine rings is 1. The van der Waals surface area contributed by atoms with Gasteiger partial charge in [-0.2, -0.15) is 0 Å². The Morgan fingerprint density at radius 1 is 1.53 bits per heavy atom. The Morgan fingerprint density at radius 3 is 2.73 bits per heavy atom. The molecule has 1 rings (SSSR count). The summed E-state index contributed by atoms with van der Waals surface area (Å²) >= 11 is 3.23. The van der Waals surface area contributed by atoms with Gasteiger partial charge in [-0.25, -0.2) is 0 Å². The van der Waals surface area contributed by atoms with E-state index in [1.54, 1.807) is 17.2 Å². The number of nitrogens with zero attached hydrogens (tertiary/aromatic N) is 3. The fourth-order valence-corrected chi connectivity index (χ4v) is 1.42. The lowest BCUT2D eigenvalue weighted by atomic mass is 10.2. The Kier molecular flexibility index (Phi) is 3.79. The summed E-state index contributed by atoms with van der Waals surface area (Å²) in [5.41, 5.74) is 0.506. The lowest BCUT2D eigenvalue weighted by Crippen LogP contribution is -2.00. The van der Waals surface area contributed by atoms with Crippen molar-refractivity contribution < 1.29 is 4.92 Å². The zero-order valence-electron chi connectivity index (χ0n) is 8.35. The second kappa shape index (κ2) is 4.88. The molecule has 0 fully saturated rings. The normalized spacial score (nSPS) is 10.6. The van der Waals surface area contributed by atoms with Gasteiger partial charge in [-0.15, -0.1) is 0 Å². The van der Waals surface area contributed by atoms with Crippen molar-refractivity contribution in [2.45, 2.75) is 0 Å². The second-order valence-corrected chi connectivity index (χ2v) is 3.94. The highest BCUT2D eigenvalue weighted by Gasteiger charge is 2.14. The van der Waals surface area contributed by atoms with E-state index in [1.165, 1.54) is 12.4 Å². The van der Waals surface area contributed by atoms with Crippen LogP contribution in [0.4, 0.5) is 5.69 Å². The predicted octanol–water partition coefficient (Wildman–Crippen LogP) is 2.28. The summed E-state index contributed by atoms with van der Waals surface area (Å²) in [5.74, 6) is 0. The van der Waals surface area contributed by atoms with Crippen molar-refractivity contribution in [2.24, 2.45) is 0 Å². The highest BCUT2D eigenvalue weighted by Crippen LogP contribution is 2.26. The number of nitro groups is 1. The molecule has 0 aliphatic rings. The Labute approximate surface area is 95.7 Å². The summed E-state index contributed by atoms with van der Waals surface area (Å²) in [6.07, 6.45) is 6.18. The van der Waals surface area contributed by atoms with Gasteiger partial charge in [0.25, 0.3) is 5.69 Å². The molecule has 0 bridgehead atoms. The first kappa shape index (κ1) is 11.6. The molecule has 15 heavy (non-hydrogen) atoms. The van der Waals surface area contributed by atoms with Gasteiger partial charge in [0.1, 0.15) is 6.20 Å². The summed E-state index contributed by atoms with van der Waals surface area (Å²) < 4.78 is 0.606. The van der Waals surface area contributed by atoms with E-state index >= 15 is 0 Å². The predicted molar refractivity (Wildman–Crippen MR) is 61.3 cm³/mol. The van der Waals surface area contributed by atoms with Crippen LogP contribution in [0.15, 0.2) is 23.1 Å². The summed E-state index contributed by atoms with van der Waals surface area (Å²) in [6.45, 7) is 0. The van der Waals surface area contributed by atoms with Gasteiger partial charge in [-0.3, -0.25) is 15.1 Å². The molecular formula is C9H10BrN3O2. The van der Waals surface area contributed by atoms with Crippen LogP contribution in [0.5, 0.6) is 0 Å². The van der Waals surface area contributed by atoms with Gasteiger partial charge in [0, 0.05) is 20.3 Å². The molecule has 1 aromatic heterocycles. The summed E-state index contributed by atoms with van der Waals surface area (Å²) in [6, 6.07) is 0. The van der Waals surface area contributed by atoms with E-state index in [0.29, 0.717) is 10.0 Å². The lowest BCUT2D eigenvalue weighted by molar-refractivity contribution is -0.385. The summed E-state index contributed by atoms with van der Waals surface area (Å²) in [4.78, 5) is 15.8. The van der Waals surface area contributed by atoms with E-state index in [-0.39, 0.29) is 5.69 Å². The van der Waals surface area contributed by atoms with Gasteiger partial charge in [0.15, 0.2) is 0 Å². The molecule has 0 radical (unpaired) electrons. The molecule has 0 N–H and O–H groups in total. The van der Waals surface area contributed by atoms with Crippen LogP contribution in [0.3, 0.4) is 0 Å². The summed E-state index contributed by atoms with van der Waals surface area (Å²) in [7, 11) is 3.69. The van der Waals surface area contributed by atoms with Crippen LogP contribution in [0.25, 0.3) is 6.08 Å². The van der Waals surface area contributed by atoms with Gasteiger partial charge in [-0.05, 0) is 28.2 Å².